The van der Waals surface area contributed by atoms with Gasteiger partial charge >= 0.3 is 0 Å². The smallest absolute Gasteiger partial charge is 0.0547 e. The first kappa shape index (κ1) is 19.0. The van der Waals surface area contributed by atoms with E-state index >= 15 is 0 Å². The van der Waals surface area contributed by atoms with E-state index < -0.39 is 0 Å². The van der Waals surface area contributed by atoms with Crippen LogP contribution in [0.2, 0.25) is 0 Å². The number of hydrogen-bond acceptors (Lipinski definition) is 4. The van der Waals surface area contributed by atoms with Gasteiger partial charge in [0, 0.05) is 51.1 Å². The van der Waals surface area contributed by atoms with E-state index in [0.29, 0.717) is 6.04 Å². The lowest BCUT2D eigenvalue weighted by atomic mass is 10.0. The van der Waals surface area contributed by atoms with Crippen LogP contribution in [0.15, 0.2) is 36.4 Å². The molecule has 1 aliphatic rings. The van der Waals surface area contributed by atoms with Crippen LogP contribution >= 0.6 is 0 Å². The standard InChI is InChI=1S/C22H31N3O/c1-17-11-18(2)13-20(12-17)14-24-8-9-25(22(16-24)7-10-26)15-21-6-4-5-19(3)23-21/h4-6,11-13,22,26H,7-10,14-16H2,1-3H3. The fourth-order valence-corrected chi connectivity index (χ4v) is 4.05. The average molecular weight is 354 g/mol. The molecule has 1 atom stereocenters. The Bertz CT molecular complexity index is 711. The van der Waals surface area contributed by atoms with E-state index in [9.17, 15) is 5.11 Å². The molecular weight excluding hydrogens is 322 g/mol. The zero-order valence-corrected chi connectivity index (χ0v) is 16.3. The Balaban J connectivity index is 1.65. The minimum absolute atomic E-state index is 0.236. The minimum Gasteiger partial charge on any atom is -0.396 e. The molecule has 0 bridgehead atoms. The van der Waals surface area contributed by atoms with Gasteiger partial charge in [-0.1, -0.05) is 35.4 Å². The highest BCUT2D eigenvalue weighted by molar-refractivity contribution is 5.28. The molecule has 140 valence electrons. The van der Waals surface area contributed by atoms with Gasteiger partial charge in [-0.2, -0.15) is 0 Å². The van der Waals surface area contributed by atoms with Crippen LogP contribution in [-0.4, -0.2) is 52.2 Å². The normalized spacial score (nSPS) is 19.0. The molecule has 4 heteroatoms. The molecule has 0 amide bonds. The molecular formula is C22H31N3O. The summed E-state index contributed by atoms with van der Waals surface area (Å²) in [7, 11) is 0. The number of nitrogens with zero attached hydrogens (tertiary/aromatic N) is 3. The van der Waals surface area contributed by atoms with Crippen LogP contribution in [0.25, 0.3) is 0 Å². The zero-order valence-electron chi connectivity index (χ0n) is 16.3. The lowest BCUT2D eigenvalue weighted by Crippen LogP contribution is -2.52. The highest BCUT2D eigenvalue weighted by atomic mass is 16.3. The van der Waals surface area contributed by atoms with Gasteiger partial charge < -0.3 is 5.11 Å². The number of benzene rings is 1. The fraction of sp³-hybridized carbons (Fsp3) is 0.500. The fourth-order valence-electron chi connectivity index (χ4n) is 4.05. The predicted octanol–water partition coefficient (Wildman–Crippen LogP) is 3.08. The van der Waals surface area contributed by atoms with Crippen molar-refractivity contribution in [2.75, 3.05) is 26.2 Å². The maximum atomic E-state index is 9.53. The molecule has 1 aromatic heterocycles. The lowest BCUT2D eigenvalue weighted by Gasteiger charge is -2.41. The van der Waals surface area contributed by atoms with Crippen molar-refractivity contribution in [1.82, 2.24) is 14.8 Å². The van der Waals surface area contributed by atoms with Gasteiger partial charge in [-0.3, -0.25) is 14.8 Å². The molecule has 2 aromatic rings. The van der Waals surface area contributed by atoms with Crippen LogP contribution in [-0.2, 0) is 13.1 Å². The van der Waals surface area contributed by atoms with Crippen molar-refractivity contribution in [2.45, 2.75) is 46.3 Å². The first-order valence-corrected chi connectivity index (χ1v) is 9.60. The molecule has 3 rings (SSSR count). The second-order valence-electron chi connectivity index (χ2n) is 7.64. The van der Waals surface area contributed by atoms with Crippen LogP contribution < -0.4 is 0 Å². The Morgan fingerprint density at radius 2 is 1.81 bits per heavy atom. The van der Waals surface area contributed by atoms with E-state index in [-0.39, 0.29) is 6.61 Å². The SMILES string of the molecule is Cc1cc(C)cc(CN2CCN(Cc3cccc(C)n3)C(CCO)C2)c1. The predicted molar refractivity (Wildman–Crippen MR) is 106 cm³/mol. The first-order chi connectivity index (χ1) is 12.5. The lowest BCUT2D eigenvalue weighted by molar-refractivity contribution is 0.0491. The van der Waals surface area contributed by atoms with E-state index in [0.717, 1.165) is 50.5 Å². The Labute approximate surface area is 157 Å². The zero-order chi connectivity index (χ0) is 18.5. The van der Waals surface area contributed by atoms with Gasteiger partial charge in [0.05, 0.1) is 5.69 Å². The van der Waals surface area contributed by atoms with E-state index in [1.54, 1.807) is 0 Å². The average Bonchev–Trinajstić information content (AvgIpc) is 2.56. The molecule has 2 heterocycles. The summed E-state index contributed by atoms with van der Waals surface area (Å²) in [5.74, 6) is 0. The second-order valence-corrected chi connectivity index (χ2v) is 7.64. The van der Waals surface area contributed by atoms with Gasteiger partial charge in [-0.05, 0) is 44.9 Å². The topological polar surface area (TPSA) is 39.6 Å². The van der Waals surface area contributed by atoms with Crippen LogP contribution in [0.5, 0.6) is 0 Å². The number of pyridine rings is 1. The summed E-state index contributed by atoms with van der Waals surface area (Å²) in [6, 6.07) is 13.4. The largest absolute Gasteiger partial charge is 0.396 e. The summed E-state index contributed by atoms with van der Waals surface area (Å²) < 4.78 is 0. The molecule has 1 fully saturated rings. The third-order valence-electron chi connectivity index (χ3n) is 5.15. The molecule has 1 unspecified atom stereocenters. The molecule has 1 N–H and O–H groups in total. The number of aromatic nitrogens is 1. The Morgan fingerprint density at radius 1 is 1.04 bits per heavy atom. The molecule has 0 saturated carbocycles. The number of aryl methyl sites for hydroxylation is 3. The van der Waals surface area contributed by atoms with Crippen molar-refractivity contribution < 1.29 is 5.11 Å². The molecule has 26 heavy (non-hydrogen) atoms. The van der Waals surface area contributed by atoms with Crippen molar-refractivity contribution >= 4 is 0 Å². The molecule has 0 spiro atoms. The van der Waals surface area contributed by atoms with Crippen molar-refractivity contribution in [2.24, 2.45) is 0 Å². The third kappa shape index (κ3) is 5.13. The van der Waals surface area contributed by atoms with E-state index in [1.807, 2.05) is 13.0 Å². The van der Waals surface area contributed by atoms with Crippen molar-refractivity contribution in [3.8, 4) is 0 Å². The van der Waals surface area contributed by atoms with Gasteiger partial charge in [0.2, 0.25) is 0 Å². The van der Waals surface area contributed by atoms with Crippen molar-refractivity contribution in [3.63, 3.8) is 0 Å². The highest BCUT2D eigenvalue weighted by Crippen LogP contribution is 2.19. The molecule has 0 aliphatic carbocycles. The summed E-state index contributed by atoms with van der Waals surface area (Å²) in [6.07, 6.45) is 0.815. The van der Waals surface area contributed by atoms with Gasteiger partial charge in [-0.15, -0.1) is 0 Å². The van der Waals surface area contributed by atoms with Gasteiger partial charge in [0.15, 0.2) is 0 Å². The van der Waals surface area contributed by atoms with E-state index in [2.05, 4.69) is 59.0 Å². The number of rotatable bonds is 6. The molecule has 1 aliphatic heterocycles. The second kappa shape index (κ2) is 8.76. The van der Waals surface area contributed by atoms with Gasteiger partial charge in [0.1, 0.15) is 0 Å². The molecule has 1 aromatic carbocycles. The Morgan fingerprint density at radius 3 is 2.50 bits per heavy atom. The van der Waals surface area contributed by atoms with Crippen molar-refractivity contribution in [3.05, 3.63) is 64.5 Å². The summed E-state index contributed by atoms with van der Waals surface area (Å²) in [4.78, 5) is 9.65. The molecule has 0 radical (unpaired) electrons. The highest BCUT2D eigenvalue weighted by Gasteiger charge is 2.27. The van der Waals surface area contributed by atoms with Crippen LogP contribution in [0.3, 0.4) is 0 Å². The van der Waals surface area contributed by atoms with E-state index in [1.165, 1.54) is 16.7 Å². The summed E-state index contributed by atoms with van der Waals surface area (Å²) in [5.41, 5.74) is 6.23. The minimum atomic E-state index is 0.236. The molecule has 4 nitrogen and oxygen atoms in total. The van der Waals surface area contributed by atoms with Gasteiger partial charge in [-0.25, -0.2) is 0 Å². The number of aliphatic hydroxyl groups is 1. The third-order valence-corrected chi connectivity index (χ3v) is 5.15. The Kier molecular flexibility index (Phi) is 6.41. The number of hydrogen-bond donors (Lipinski definition) is 1. The quantitative estimate of drug-likeness (QED) is 0.866. The summed E-state index contributed by atoms with van der Waals surface area (Å²) in [5, 5.41) is 9.53. The maximum Gasteiger partial charge on any atom is 0.0547 e. The van der Waals surface area contributed by atoms with Gasteiger partial charge in [0.25, 0.3) is 0 Å². The summed E-state index contributed by atoms with van der Waals surface area (Å²) in [6.45, 7) is 11.5. The van der Waals surface area contributed by atoms with E-state index in [4.69, 9.17) is 0 Å². The maximum absolute atomic E-state index is 9.53. The molecule has 1 saturated heterocycles. The summed E-state index contributed by atoms with van der Waals surface area (Å²) >= 11 is 0. The van der Waals surface area contributed by atoms with Crippen molar-refractivity contribution in [1.29, 1.82) is 0 Å². The number of aliphatic hydroxyl groups excluding tert-OH is 1. The number of piperazine rings is 1. The Hall–Kier alpha value is -1.75. The van der Waals surface area contributed by atoms with Crippen LogP contribution in [0, 0.1) is 20.8 Å². The van der Waals surface area contributed by atoms with Crippen LogP contribution in [0.4, 0.5) is 0 Å². The first-order valence-electron chi connectivity index (χ1n) is 9.60. The van der Waals surface area contributed by atoms with Crippen LogP contribution in [0.1, 0.15) is 34.5 Å². The monoisotopic (exact) mass is 353 g/mol.